The van der Waals surface area contributed by atoms with Gasteiger partial charge in [0.05, 0.1) is 23.7 Å². The standard InChI is InChI=1S/C38H34N2O/c1-23(2)31-21-27(26-12-7-6-8-13-26)22-32(24(3)4)36(31)40-34-17-10-9-16-33(34)39-38(40)30-15-11-14-29-28-19-18-25(5)20-35(28)41-37(29)30/h6-24H,1-5H3/i5D3,14D. The summed E-state index contributed by atoms with van der Waals surface area (Å²) in [6, 6.07) is 32.2. The molecule has 7 rings (SSSR count). The first-order chi connectivity index (χ1) is 21.5. The minimum Gasteiger partial charge on any atom is -0.455 e. The lowest BCUT2D eigenvalue weighted by atomic mass is 9.88. The van der Waals surface area contributed by atoms with Gasteiger partial charge in [0.25, 0.3) is 0 Å². The van der Waals surface area contributed by atoms with Crippen molar-refractivity contribution in [2.75, 3.05) is 0 Å². The molecule has 0 saturated carbocycles. The van der Waals surface area contributed by atoms with Crippen LogP contribution >= 0.6 is 0 Å². The number of aromatic nitrogens is 2. The van der Waals surface area contributed by atoms with Crippen molar-refractivity contribution in [1.29, 1.82) is 0 Å². The number of aryl methyl sites for hydroxylation is 1. The van der Waals surface area contributed by atoms with Crippen LogP contribution in [-0.2, 0) is 0 Å². The average molecular weight is 539 g/mol. The van der Waals surface area contributed by atoms with Crippen LogP contribution in [0.25, 0.3) is 61.2 Å². The first-order valence-corrected chi connectivity index (χ1v) is 14.2. The van der Waals surface area contributed by atoms with E-state index in [9.17, 15) is 0 Å². The fourth-order valence-corrected chi connectivity index (χ4v) is 5.94. The Labute approximate surface area is 246 Å². The Morgan fingerprint density at radius 2 is 1.49 bits per heavy atom. The molecule has 2 aromatic heterocycles. The molecule has 7 aromatic rings. The second-order valence-corrected chi connectivity index (χ2v) is 11.3. The first kappa shape index (κ1) is 21.2. The van der Waals surface area contributed by atoms with Gasteiger partial charge in [-0.05, 0) is 82.9 Å². The van der Waals surface area contributed by atoms with Gasteiger partial charge in [-0.2, -0.15) is 0 Å². The summed E-state index contributed by atoms with van der Waals surface area (Å²) in [5.41, 5.74) is 9.64. The van der Waals surface area contributed by atoms with Gasteiger partial charge in [-0.15, -0.1) is 0 Å². The smallest absolute Gasteiger partial charge is 0.149 e. The molecule has 0 aliphatic heterocycles. The third kappa shape index (κ3) is 4.15. The Morgan fingerprint density at radius 3 is 2.22 bits per heavy atom. The van der Waals surface area contributed by atoms with Gasteiger partial charge in [0.15, 0.2) is 0 Å². The molecule has 0 fully saturated rings. The highest BCUT2D eigenvalue weighted by atomic mass is 16.3. The zero-order chi connectivity index (χ0) is 31.6. The van der Waals surface area contributed by atoms with Gasteiger partial charge in [-0.1, -0.05) is 94.4 Å². The summed E-state index contributed by atoms with van der Waals surface area (Å²) in [5.74, 6) is 1.15. The molecule has 3 nitrogen and oxygen atoms in total. The number of rotatable bonds is 5. The van der Waals surface area contributed by atoms with Crippen molar-refractivity contribution >= 4 is 33.0 Å². The highest BCUT2D eigenvalue weighted by molar-refractivity contribution is 6.09. The maximum atomic E-state index is 8.81. The number of para-hydroxylation sites is 3. The van der Waals surface area contributed by atoms with Crippen molar-refractivity contribution in [2.45, 2.75) is 46.4 Å². The molecule has 3 heteroatoms. The molecular weight excluding hydrogens is 500 g/mol. The third-order valence-electron chi connectivity index (χ3n) is 7.96. The van der Waals surface area contributed by atoms with E-state index in [0.29, 0.717) is 33.8 Å². The van der Waals surface area contributed by atoms with Crippen LogP contribution in [0.15, 0.2) is 108 Å². The summed E-state index contributed by atoms with van der Waals surface area (Å²) in [7, 11) is 0. The van der Waals surface area contributed by atoms with Gasteiger partial charge in [0.1, 0.15) is 17.0 Å². The number of furan rings is 1. The molecule has 0 aliphatic carbocycles. The Kier molecular flexibility index (Phi) is 5.05. The number of hydrogen-bond acceptors (Lipinski definition) is 2. The monoisotopic (exact) mass is 538 g/mol. The molecule has 0 saturated heterocycles. The second-order valence-electron chi connectivity index (χ2n) is 11.3. The third-order valence-corrected chi connectivity index (χ3v) is 7.96. The number of hydrogen-bond donors (Lipinski definition) is 0. The van der Waals surface area contributed by atoms with Gasteiger partial charge in [0.2, 0.25) is 0 Å². The van der Waals surface area contributed by atoms with Gasteiger partial charge >= 0.3 is 0 Å². The molecule has 0 radical (unpaired) electrons. The highest BCUT2D eigenvalue weighted by Gasteiger charge is 2.25. The summed E-state index contributed by atoms with van der Waals surface area (Å²) in [6.45, 7) is 6.65. The minimum atomic E-state index is -2.26. The molecule has 5 aromatic carbocycles. The van der Waals surface area contributed by atoms with Crippen molar-refractivity contribution in [3.8, 4) is 28.2 Å². The van der Waals surface area contributed by atoms with Crippen molar-refractivity contribution in [3.63, 3.8) is 0 Å². The lowest BCUT2D eigenvalue weighted by molar-refractivity contribution is 0.669. The molecule has 0 amide bonds. The largest absolute Gasteiger partial charge is 0.455 e. The lowest BCUT2D eigenvalue weighted by Gasteiger charge is -2.24. The van der Waals surface area contributed by atoms with Gasteiger partial charge in [-0.25, -0.2) is 4.98 Å². The number of nitrogens with zero attached hydrogens (tertiary/aromatic N) is 2. The highest BCUT2D eigenvalue weighted by Crippen LogP contribution is 2.42. The zero-order valence-corrected chi connectivity index (χ0v) is 23.7. The van der Waals surface area contributed by atoms with Crippen molar-refractivity contribution in [3.05, 3.63) is 120 Å². The Balaban J connectivity index is 1.58. The molecule has 41 heavy (non-hydrogen) atoms. The summed E-state index contributed by atoms with van der Waals surface area (Å²) in [6.07, 6.45) is 0. The fraction of sp³-hybridized carbons (Fsp3) is 0.184. The zero-order valence-electron chi connectivity index (χ0n) is 27.7. The van der Waals surface area contributed by atoms with Crippen LogP contribution in [-0.4, -0.2) is 9.55 Å². The van der Waals surface area contributed by atoms with Crippen molar-refractivity contribution in [2.24, 2.45) is 0 Å². The second kappa shape index (κ2) is 9.78. The Bertz CT molecular complexity index is 2190. The fourth-order valence-electron chi connectivity index (χ4n) is 5.94. The van der Waals surface area contributed by atoms with Crippen LogP contribution in [0.2, 0.25) is 0 Å². The quantitative estimate of drug-likeness (QED) is 0.218. The molecule has 0 bridgehead atoms. The maximum absolute atomic E-state index is 8.81. The van der Waals surface area contributed by atoms with Crippen LogP contribution in [0.4, 0.5) is 0 Å². The molecular formula is C38H34N2O. The molecule has 0 spiro atoms. The van der Waals surface area contributed by atoms with Crippen LogP contribution in [0.3, 0.4) is 0 Å². The predicted molar refractivity (Wildman–Crippen MR) is 172 cm³/mol. The van der Waals surface area contributed by atoms with E-state index in [-0.39, 0.29) is 17.4 Å². The predicted octanol–water partition coefficient (Wildman–Crippen LogP) is 10.8. The van der Waals surface area contributed by atoms with Crippen LogP contribution in [0.1, 0.15) is 61.7 Å². The van der Waals surface area contributed by atoms with Gasteiger partial charge in [-0.3, -0.25) is 4.57 Å². The number of imidazole rings is 1. The summed E-state index contributed by atoms with van der Waals surface area (Å²) in [4.78, 5) is 5.20. The van der Waals surface area contributed by atoms with E-state index in [0.717, 1.165) is 22.3 Å². The van der Waals surface area contributed by atoms with Crippen molar-refractivity contribution in [1.82, 2.24) is 9.55 Å². The molecule has 2 heterocycles. The van der Waals surface area contributed by atoms with Gasteiger partial charge < -0.3 is 4.42 Å². The summed E-state index contributed by atoms with van der Waals surface area (Å²) < 4.78 is 41.2. The lowest BCUT2D eigenvalue weighted by Crippen LogP contribution is -2.09. The number of benzene rings is 5. The molecule has 0 N–H and O–H groups in total. The summed E-state index contributed by atoms with van der Waals surface area (Å²) in [5, 5.41) is 1.36. The average Bonchev–Trinajstić information content (AvgIpc) is 3.59. The van der Waals surface area contributed by atoms with E-state index >= 15 is 0 Å². The van der Waals surface area contributed by atoms with E-state index in [4.69, 9.17) is 14.9 Å². The van der Waals surface area contributed by atoms with E-state index < -0.39 is 6.85 Å². The van der Waals surface area contributed by atoms with E-state index in [1.54, 1.807) is 24.3 Å². The van der Waals surface area contributed by atoms with E-state index in [2.05, 4.69) is 74.7 Å². The van der Waals surface area contributed by atoms with E-state index in [1.807, 2.05) is 30.3 Å². The SMILES string of the molecule is [2H]c1ccc(-c2nc3ccccc3n2-c2c(C(C)C)cc(-c3ccccc3)cc2C(C)C)c2oc3cc(C([2H])([2H])[2H])ccc3c12. The van der Waals surface area contributed by atoms with Crippen molar-refractivity contribution < 1.29 is 9.90 Å². The van der Waals surface area contributed by atoms with Crippen LogP contribution in [0.5, 0.6) is 0 Å². The minimum absolute atomic E-state index is 0.205. The van der Waals surface area contributed by atoms with Crippen LogP contribution < -0.4 is 0 Å². The normalized spacial score (nSPS) is 13.7. The Hall–Kier alpha value is -4.63. The first-order valence-electron chi connectivity index (χ1n) is 16.2. The Morgan fingerprint density at radius 1 is 0.756 bits per heavy atom. The summed E-state index contributed by atoms with van der Waals surface area (Å²) >= 11 is 0. The van der Waals surface area contributed by atoms with E-state index in [1.165, 1.54) is 22.3 Å². The molecule has 0 aliphatic rings. The van der Waals surface area contributed by atoms with Crippen LogP contribution in [0, 0.1) is 6.85 Å². The molecule has 0 unspecified atom stereocenters. The molecule has 202 valence electrons. The molecule has 0 atom stereocenters. The maximum Gasteiger partial charge on any atom is 0.149 e. The van der Waals surface area contributed by atoms with Gasteiger partial charge in [0, 0.05) is 14.9 Å². The topological polar surface area (TPSA) is 31.0 Å². The number of fused-ring (bicyclic) bond motifs is 4.